The van der Waals surface area contributed by atoms with Crippen molar-refractivity contribution in [3.8, 4) is 5.75 Å². The first-order chi connectivity index (χ1) is 9.79. The topological polar surface area (TPSA) is 28.6 Å². The van der Waals surface area contributed by atoms with Crippen LogP contribution in [0.4, 0.5) is 5.69 Å². The quantitative estimate of drug-likeness (QED) is 0.748. The van der Waals surface area contributed by atoms with Gasteiger partial charge in [-0.05, 0) is 26.4 Å². The second-order valence-corrected chi connectivity index (χ2v) is 5.58. The van der Waals surface area contributed by atoms with Gasteiger partial charge in [0, 0.05) is 25.7 Å². The number of unbranched alkanes of at least 4 members (excludes halogenated alkanes) is 2. The minimum atomic E-state index is 0.793. The van der Waals surface area contributed by atoms with Crippen LogP contribution in [-0.2, 0) is 0 Å². The molecule has 1 aromatic heterocycles. The Labute approximate surface area is 122 Å². The number of anilines is 1. The molecule has 0 aromatic carbocycles. The maximum Gasteiger partial charge on any atom is 0.139 e. The molecular weight excluding hydrogens is 250 g/mol. The van der Waals surface area contributed by atoms with E-state index in [1.54, 1.807) is 0 Å². The van der Waals surface area contributed by atoms with Crippen molar-refractivity contribution in [2.75, 3.05) is 44.7 Å². The Kier molecular flexibility index (Phi) is 6.12. The van der Waals surface area contributed by atoms with Crippen molar-refractivity contribution < 1.29 is 4.74 Å². The van der Waals surface area contributed by atoms with Gasteiger partial charge in [0.05, 0.1) is 24.7 Å². The highest BCUT2D eigenvalue weighted by atomic mass is 16.5. The van der Waals surface area contributed by atoms with E-state index in [1.807, 2.05) is 12.4 Å². The van der Waals surface area contributed by atoms with Crippen molar-refractivity contribution in [1.29, 1.82) is 0 Å². The normalized spacial score (nSPS) is 17.0. The van der Waals surface area contributed by atoms with Gasteiger partial charge in [0.2, 0.25) is 0 Å². The van der Waals surface area contributed by atoms with Gasteiger partial charge < -0.3 is 14.5 Å². The smallest absolute Gasteiger partial charge is 0.139 e. The lowest BCUT2D eigenvalue weighted by Gasteiger charge is -2.22. The first kappa shape index (κ1) is 15.1. The van der Waals surface area contributed by atoms with Crippen molar-refractivity contribution >= 4 is 5.69 Å². The average Bonchev–Trinajstić information content (AvgIpc) is 2.69. The van der Waals surface area contributed by atoms with E-state index >= 15 is 0 Å². The van der Waals surface area contributed by atoms with Gasteiger partial charge in [-0.15, -0.1) is 0 Å². The molecule has 2 rings (SSSR count). The summed E-state index contributed by atoms with van der Waals surface area (Å²) in [5, 5.41) is 0. The molecule has 1 fully saturated rings. The molecule has 0 N–H and O–H groups in total. The zero-order valence-corrected chi connectivity index (χ0v) is 12.8. The Morgan fingerprint density at radius 2 is 2.05 bits per heavy atom. The van der Waals surface area contributed by atoms with Crippen LogP contribution in [0.3, 0.4) is 0 Å². The van der Waals surface area contributed by atoms with Crippen LogP contribution in [0.5, 0.6) is 5.75 Å². The molecule has 0 aliphatic carbocycles. The minimum absolute atomic E-state index is 0.793. The molecule has 0 saturated carbocycles. The summed E-state index contributed by atoms with van der Waals surface area (Å²) in [6.45, 7) is 7.46. The molecule has 2 heterocycles. The van der Waals surface area contributed by atoms with Gasteiger partial charge >= 0.3 is 0 Å². The van der Waals surface area contributed by atoms with E-state index in [9.17, 15) is 0 Å². The van der Waals surface area contributed by atoms with Gasteiger partial charge in [-0.1, -0.05) is 19.8 Å². The second-order valence-electron chi connectivity index (χ2n) is 5.58. The van der Waals surface area contributed by atoms with Crippen LogP contribution >= 0.6 is 0 Å². The Bertz CT molecular complexity index is 397. The molecule has 1 saturated heterocycles. The van der Waals surface area contributed by atoms with Crippen LogP contribution in [0.15, 0.2) is 18.5 Å². The highest BCUT2D eigenvalue weighted by Gasteiger charge is 2.13. The molecule has 0 unspecified atom stereocenters. The van der Waals surface area contributed by atoms with Gasteiger partial charge in [-0.2, -0.15) is 0 Å². The number of hydrogen-bond acceptors (Lipinski definition) is 4. The van der Waals surface area contributed by atoms with Gasteiger partial charge in [-0.25, -0.2) is 0 Å². The Morgan fingerprint density at radius 3 is 2.90 bits per heavy atom. The van der Waals surface area contributed by atoms with E-state index in [2.05, 4.69) is 34.8 Å². The number of hydrogen-bond donors (Lipinski definition) is 0. The zero-order chi connectivity index (χ0) is 14.2. The summed E-state index contributed by atoms with van der Waals surface area (Å²) in [6, 6.07) is 2.13. The third-order valence-corrected chi connectivity index (χ3v) is 3.80. The van der Waals surface area contributed by atoms with Gasteiger partial charge in [0.15, 0.2) is 0 Å². The number of ether oxygens (including phenoxy) is 1. The standard InChI is InChI=1S/C16H27N3O/c1-3-4-5-11-20-16-12-15(13-17-14-16)19-8-6-7-18(2)9-10-19/h12-14H,3-11H2,1-2H3. The second kappa shape index (κ2) is 8.10. The van der Waals surface area contributed by atoms with Gasteiger partial charge in [-0.3, -0.25) is 4.98 Å². The predicted molar refractivity (Wildman–Crippen MR) is 83.6 cm³/mol. The SMILES string of the molecule is CCCCCOc1cncc(N2CCCN(C)CC2)c1. The fraction of sp³-hybridized carbons (Fsp3) is 0.688. The molecule has 1 aromatic rings. The molecule has 0 amide bonds. The third-order valence-electron chi connectivity index (χ3n) is 3.80. The molecule has 20 heavy (non-hydrogen) atoms. The van der Waals surface area contributed by atoms with Crippen molar-refractivity contribution in [3.63, 3.8) is 0 Å². The van der Waals surface area contributed by atoms with E-state index in [1.165, 1.54) is 31.5 Å². The Hall–Kier alpha value is -1.29. The van der Waals surface area contributed by atoms with Crippen LogP contribution in [0.1, 0.15) is 32.6 Å². The highest BCUT2D eigenvalue weighted by Crippen LogP contribution is 2.21. The summed E-state index contributed by atoms with van der Waals surface area (Å²) >= 11 is 0. The van der Waals surface area contributed by atoms with Crippen LogP contribution in [0.2, 0.25) is 0 Å². The first-order valence-electron chi connectivity index (χ1n) is 7.81. The predicted octanol–water partition coefficient (Wildman–Crippen LogP) is 2.79. The van der Waals surface area contributed by atoms with Crippen LogP contribution in [0.25, 0.3) is 0 Å². The molecule has 4 heteroatoms. The maximum absolute atomic E-state index is 5.79. The molecule has 4 nitrogen and oxygen atoms in total. The molecular formula is C16H27N3O. The lowest BCUT2D eigenvalue weighted by atomic mass is 10.3. The van der Waals surface area contributed by atoms with Crippen LogP contribution in [0, 0.1) is 0 Å². The third kappa shape index (κ3) is 4.67. The van der Waals surface area contributed by atoms with Gasteiger partial charge in [0.1, 0.15) is 5.75 Å². The Balaban J connectivity index is 1.91. The molecule has 0 atom stereocenters. The molecule has 0 radical (unpaired) electrons. The van der Waals surface area contributed by atoms with Crippen molar-refractivity contribution in [2.45, 2.75) is 32.6 Å². The van der Waals surface area contributed by atoms with Crippen molar-refractivity contribution in [2.24, 2.45) is 0 Å². The summed E-state index contributed by atoms with van der Waals surface area (Å²) in [5.41, 5.74) is 1.19. The van der Waals surface area contributed by atoms with E-state index in [-0.39, 0.29) is 0 Å². The van der Waals surface area contributed by atoms with Crippen LogP contribution < -0.4 is 9.64 Å². The molecule has 0 spiro atoms. The molecule has 1 aliphatic rings. The summed E-state index contributed by atoms with van der Waals surface area (Å²) in [7, 11) is 2.19. The largest absolute Gasteiger partial charge is 0.492 e. The summed E-state index contributed by atoms with van der Waals surface area (Å²) in [5.74, 6) is 0.899. The molecule has 0 bridgehead atoms. The van der Waals surface area contributed by atoms with Crippen LogP contribution in [-0.4, -0.2) is 49.7 Å². The number of nitrogens with zero attached hydrogens (tertiary/aromatic N) is 3. The number of pyridine rings is 1. The molecule has 1 aliphatic heterocycles. The monoisotopic (exact) mass is 277 g/mol. The minimum Gasteiger partial charge on any atom is -0.492 e. The summed E-state index contributed by atoms with van der Waals surface area (Å²) < 4.78 is 5.79. The lowest BCUT2D eigenvalue weighted by molar-refractivity contribution is 0.305. The van der Waals surface area contributed by atoms with Crippen molar-refractivity contribution in [1.82, 2.24) is 9.88 Å². The fourth-order valence-corrected chi connectivity index (χ4v) is 2.51. The number of likely N-dealkylation sites (N-methyl/N-ethyl adjacent to an activating group) is 1. The van der Waals surface area contributed by atoms with E-state index < -0.39 is 0 Å². The van der Waals surface area contributed by atoms with Gasteiger partial charge in [0.25, 0.3) is 0 Å². The van der Waals surface area contributed by atoms with E-state index in [4.69, 9.17) is 4.74 Å². The highest BCUT2D eigenvalue weighted by molar-refractivity contribution is 5.48. The van der Waals surface area contributed by atoms with Crippen molar-refractivity contribution in [3.05, 3.63) is 18.5 Å². The number of rotatable bonds is 6. The fourth-order valence-electron chi connectivity index (χ4n) is 2.51. The average molecular weight is 277 g/mol. The maximum atomic E-state index is 5.79. The molecule has 112 valence electrons. The number of aromatic nitrogens is 1. The lowest BCUT2D eigenvalue weighted by Crippen LogP contribution is -2.28. The zero-order valence-electron chi connectivity index (χ0n) is 12.8. The first-order valence-corrected chi connectivity index (χ1v) is 7.81. The van der Waals surface area contributed by atoms with E-state index in [0.717, 1.165) is 38.4 Å². The Morgan fingerprint density at radius 1 is 1.15 bits per heavy atom. The summed E-state index contributed by atoms with van der Waals surface area (Å²) in [4.78, 5) is 9.13. The summed E-state index contributed by atoms with van der Waals surface area (Å²) in [6.07, 6.45) is 8.55. The van der Waals surface area contributed by atoms with E-state index in [0.29, 0.717) is 0 Å².